The summed E-state index contributed by atoms with van der Waals surface area (Å²) in [4.78, 5) is 34.6. The van der Waals surface area contributed by atoms with Crippen LogP contribution in [0.15, 0.2) is 31.1 Å². The Morgan fingerprint density at radius 2 is 2.26 bits per heavy atom. The van der Waals surface area contributed by atoms with E-state index in [0.29, 0.717) is 18.0 Å². The molecule has 0 radical (unpaired) electrons. The predicted molar refractivity (Wildman–Crippen MR) is 106 cm³/mol. The molecule has 3 aromatic rings. The van der Waals surface area contributed by atoms with Crippen molar-refractivity contribution in [1.82, 2.24) is 14.9 Å². The van der Waals surface area contributed by atoms with Crippen molar-refractivity contribution in [2.45, 2.75) is 25.9 Å². The average molecular weight is 400 g/mol. The molecule has 0 aliphatic carbocycles. The Labute approximate surface area is 163 Å². The molecule has 2 N–H and O–H groups in total. The second-order valence-corrected chi connectivity index (χ2v) is 8.36. The Bertz CT molecular complexity index is 1040. The SMILES string of the molecule is C=CC(=O)Nc1sc2c(c1-c1nc3cnccc3s1)CC(C)N(C(=O)O)C2. The third-order valence-corrected chi connectivity index (χ3v) is 6.69. The second kappa shape index (κ2) is 6.75. The van der Waals surface area contributed by atoms with Crippen LogP contribution in [0.5, 0.6) is 0 Å². The summed E-state index contributed by atoms with van der Waals surface area (Å²) < 4.78 is 1.01. The topological polar surface area (TPSA) is 95.4 Å². The highest BCUT2D eigenvalue weighted by molar-refractivity contribution is 7.22. The highest BCUT2D eigenvalue weighted by atomic mass is 32.1. The van der Waals surface area contributed by atoms with Crippen LogP contribution in [-0.4, -0.2) is 38.0 Å². The van der Waals surface area contributed by atoms with E-state index in [-0.39, 0.29) is 11.9 Å². The number of carbonyl (C=O) groups excluding carboxylic acids is 1. The van der Waals surface area contributed by atoms with Crippen LogP contribution in [0, 0.1) is 0 Å². The summed E-state index contributed by atoms with van der Waals surface area (Å²) in [5.74, 6) is -0.305. The van der Waals surface area contributed by atoms with Gasteiger partial charge in [0.2, 0.25) is 5.91 Å². The number of thiazole rings is 1. The van der Waals surface area contributed by atoms with Crippen molar-refractivity contribution in [3.05, 3.63) is 41.6 Å². The molecular formula is C18H16N4O3S2. The molecule has 1 atom stereocenters. The number of hydrogen-bond acceptors (Lipinski definition) is 6. The third kappa shape index (κ3) is 3.08. The Kier molecular flexibility index (Phi) is 4.40. The maximum absolute atomic E-state index is 11.9. The van der Waals surface area contributed by atoms with Gasteiger partial charge in [-0.2, -0.15) is 0 Å². The Balaban J connectivity index is 1.87. The zero-order valence-electron chi connectivity index (χ0n) is 14.4. The number of nitrogens with one attached hydrogen (secondary N) is 1. The van der Waals surface area contributed by atoms with Gasteiger partial charge < -0.3 is 15.3 Å². The van der Waals surface area contributed by atoms with E-state index in [4.69, 9.17) is 4.98 Å². The zero-order valence-corrected chi connectivity index (χ0v) is 16.1. The first-order valence-electron chi connectivity index (χ1n) is 8.26. The Morgan fingerprint density at radius 1 is 1.44 bits per heavy atom. The first-order chi connectivity index (χ1) is 13.0. The molecule has 27 heavy (non-hydrogen) atoms. The van der Waals surface area contributed by atoms with Gasteiger partial charge in [-0.25, -0.2) is 9.78 Å². The number of fused-ring (bicyclic) bond motifs is 2. The van der Waals surface area contributed by atoms with Crippen LogP contribution < -0.4 is 5.32 Å². The molecule has 1 aliphatic rings. The van der Waals surface area contributed by atoms with Gasteiger partial charge in [0.1, 0.15) is 15.5 Å². The van der Waals surface area contributed by atoms with Crippen molar-refractivity contribution in [3.63, 3.8) is 0 Å². The van der Waals surface area contributed by atoms with Crippen molar-refractivity contribution in [2.24, 2.45) is 0 Å². The molecule has 0 bridgehead atoms. The van der Waals surface area contributed by atoms with E-state index in [2.05, 4.69) is 16.9 Å². The van der Waals surface area contributed by atoms with E-state index >= 15 is 0 Å². The van der Waals surface area contributed by atoms with E-state index < -0.39 is 6.09 Å². The lowest BCUT2D eigenvalue weighted by Gasteiger charge is -2.31. The normalized spacial score (nSPS) is 16.2. The largest absolute Gasteiger partial charge is 0.465 e. The highest BCUT2D eigenvalue weighted by Crippen LogP contribution is 2.46. The van der Waals surface area contributed by atoms with Crippen LogP contribution in [0.4, 0.5) is 9.80 Å². The first kappa shape index (κ1) is 17.6. The van der Waals surface area contributed by atoms with Crippen molar-refractivity contribution >= 4 is 49.9 Å². The number of rotatable bonds is 3. The van der Waals surface area contributed by atoms with Gasteiger partial charge in [-0.3, -0.25) is 9.78 Å². The summed E-state index contributed by atoms with van der Waals surface area (Å²) in [6, 6.07) is 1.76. The predicted octanol–water partition coefficient (Wildman–Crippen LogP) is 3.97. The number of nitrogens with zero attached hydrogens (tertiary/aromatic N) is 3. The summed E-state index contributed by atoms with van der Waals surface area (Å²) >= 11 is 2.93. The molecule has 0 saturated heterocycles. The maximum atomic E-state index is 11.9. The van der Waals surface area contributed by atoms with Gasteiger partial charge in [-0.05, 0) is 31.1 Å². The number of aromatic nitrogens is 2. The molecule has 3 aromatic heterocycles. The van der Waals surface area contributed by atoms with Gasteiger partial charge >= 0.3 is 6.09 Å². The summed E-state index contributed by atoms with van der Waals surface area (Å²) in [6.07, 6.45) is 4.29. The molecule has 4 rings (SSSR count). The van der Waals surface area contributed by atoms with Crippen LogP contribution in [0.3, 0.4) is 0 Å². The van der Waals surface area contributed by atoms with Crippen LogP contribution in [0.25, 0.3) is 20.8 Å². The number of amides is 2. The lowest BCUT2D eigenvalue weighted by atomic mass is 9.98. The van der Waals surface area contributed by atoms with Crippen molar-refractivity contribution in [2.75, 3.05) is 5.32 Å². The van der Waals surface area contributed by atoms with E-state index in [1.165, 1.54) is 33.6 Å². The van der Waals surface area contributed by atoms with Gasteiger partial charge in [0.25, 0.3) is 0 Å². The van der Waals surface area contributed by atoms with Crippen molar-refractivity contribution < 1.29 is 14.7 Å². The third-order valence-electron chi connectivity index (χ3n) is 4.51. The maximum Gasteiger partial charge on any atom is 0.407 e. The number of hydrogen-bond donors (Lipinski definition) is 2. The molecule has 7 nitrogen and oxygen atoms in total. The van der Waals surface area contributed by atoms with Crippen molar-refractivity contribution in [3.8, 4) is 10.6 Å². The van der Waals surface area contributed by atoms with E-state index in [9.17, 15) is 14.7 Å². The smallest absolute Gasteiger partial charge is 0.407 e. The summed E-state index contributed by atoms with van der Waals surface area (Å²) in [5.41, 5.74) is 2.73. The Hall–Kier alpha value is -2.78. The molecule has 0 fully saturated rings. The number of carboxylic acid groups (broad SMARTS) is 1. The molecule has 9 heteroatoms. The summed E-state index contributed by atoms with van der Waals surface area (Å²) in [6.45, 7) is 5.71. The fraction of sp³-hybridized carbons (Fsp3) is 0.222. The van der Waals surface area contributed by atoms with E-state index in [1.807, 2.05) is 13.0 Å². The number of anilines is 1. The second-order valence-electron chi connectivity index (χ2n) is 6.23. The van der Waals surface area contributed by atoms with Crippen LogP contribution >= 0.6 is 22.7 Å². The molecule has 0 aromatic carbocycles. The van der Waals surface area contributed by atoms with Gasteiger partial charge in [0.15, 0.2) is 0 Å². The number of pyridine rings is 1. The van der Waals surface area contributed by atoms with E-state index in [1.54, 1.807) is 12.4 Å². The van der Waals surface area contributed by atoms with E-state index in [0.717, 1.165) is 31.2 Å². The molecule has 0 saturated carbocycles. The molecule has 1 aliphatic heterocycles. The molecule has 4 heterocycles. The lowest BCUT2D eigenvalue weighted by Crippen LogP contribution is -2.41. The fourth-order valence-corrected chi connectivity index (χ4v) is 5.50. The zero-order chi connectivity index (χ0) is 19.1. The van der Waals surface area contributed by atoms with Gasteiger partial charge in [-0.1, -0.05) is 6.58 Å². The monoisotopic (exact) mass is 400 g/mol. The Morgan fingerprint density at radius 3 is 2.96 bits per heavy atom. The van der Waals surface area contributed by atoms with Crippen LogP contribution in [-0.2, 0) is 17.8 Å². The van der Waals surface area contributed by atoms with Gasteiger partial charge in [-0.15, -0.1) is 22.7 Å². The standard InChI is InChI=1S/C18H16N4O3S2/c1-3-14(23)21-17-15(16-20-11-7-19-5-4-12(11)26-16)10-6-9(2)22(18(24)25)8-13(10)27-17/h3-5,7,9H,1,6,8H2,2H3,(H,21,23)(H,24,25). The fourth-order valence-electron chi connectivity index (χ4n) is 3.19. The van der Waals surface area contributed by atoms with Crippen molar-refractivity contribution in [1.29, 1.82) is 0 Å². The van der Waals surface area contributed by atoms with Crippen LogP contribution in [0.1, 0.15) is 17.4 Å². The van der Waals surface area contributed by atoms with Gasteiger partial charge in [0, 0.05) is 22.7 Å². The summed E-state index contributed by atoms with van der Waals surface area (Å²) in [5, 5.41) is 13.8. The lowest BCUT2D eigenvalue weighted by molar-refractivity contribution is -0.111. The van der Waals surface area contributed by atoms with Gasteiger partial charge in [0.05, 0.1) is 17.4 Å². The average Bonchev–Trinajstić information content (AvgIpc) is 3.20. The summed E-state index contributed by atoms with van der Waals surface area (Å²) in [7, 11) is 0. The minimum atomic E-state index is -0.939. The highest BCUT2D eigenvalue weighted by Gasteiger charge is 2.33. The number of carbonyl (C=O) groups is 2. The minimum Gasteiger partial charge on any atom is -0.465 e. The van der Waals surface area contributed by atoms with Crippen LogP contribution in [0.2, 0.25) is 0 Å². The molecular weight excluding hydrogens is 384 g/mol. The molecule has 0 spiro atoms. The molecule has 2 amide bonds. The minimum absolute atomic E-state index is 0.151. The molecule has 1 unspecified atom stereocenters. The first-order valence-corrected chi connectivity index (χ1v) is 9.89. The molecule has 138 valence electrons. The number of thiophene rings is 1. The quantitative estimate of drug-likeness (QED) is 0.649.